The van der Waals surface area contributed by atoms with Crippen molar-refractivity contribution in [2.45, 2.75) is 18.9 Å². The van der Waals surface area contributed by atoms with Crippen molar-refractivity contribution < 1.29 is 14.3 Å². The van der Waals surface area contributed by atoms with Crippen molar-refractivity contribution in [3.63, 3.8) is 0 Å². The Morgan fingerprint density at radius 3 is 2.63 bits per heavy atom. The van der Waals surface area contributed by atoms with Gasteiger partial charge in [-0.2, -0.15) is 0 Å². The molecule has 0 heterocycles. The van der Waals surface area contributed by atoms with Crippen LogP contribution in [-0.4, -0.2) is 24.2 Å². The van der Waals surface area contributed by atoms with Gasteiger partial charge in [-0.05, 0) is 29.6 Å². The molecule has 0 bridgehead atoms. The number of nitrogens with one attached hydrogen (secondary N) is 1. The first kappa shape index (κ1) is 14.9. The first-order valence-electron chi connectivity index (χ1n) is 5.82. The van der Waals surface area contributed by atoms with Gasteiger partial charge in [0.05, 0.1) is 0 Å². The fourth-order valence-electron chi connectivity index (χ4n) is 1.88. The van der Waals surface area contributed by atoms with Gasteiger partial charge in [0.25, 0.3) is 0 Å². The van der Waals surface area contributed by atoms with Crippen LogP contribution in [0.5, 0.6) is 0 Å². The number of hydrogen-bond donors (Lipinski definition) is 2. The van der Waals surface area contributed by atoms with Crippen LogP contribution in [0.15, 0.2) is 29.4 Å². The molecule has 1 unspecified atom stereocenters. The minimum atomic E-state index is -1.31. The van der Waals surface area contributed by atoms with Gasteiger partial charge in [-0.3, -0.25) is 5.32 Å². The van der Waals surface area contributed by atoms with Crippen molar-refractivity contribution in [3.05, 3.63) is 46.1 Å². The van der Waals surface area contributed by atoms with Crippen LogP contribution < -0.4 is 5.32 Å². The fourth-order valence-corrected chi connectivity index (χ4v) is 1.88. The number of carboxylic acid groups (broad SMARTS) is 1. The minimum Gasteiger partial charge on any atom is -0.480 e. The first-order chi connectivity index (χ1) is 9.06. The second kappa shape index (κ2) is 6.72. The zero-order valence-electron chi connectivity index (χ0n) is 10.5. The lowest BCUT2D eigenvalue weighted by Gasteiger charge is -2.30. The lowest BCUT2D eigenvalue weighted by molar-refractivity contribution is -0.145. The molecule has 0 saturated carbocycles. The van der Waals surface area contributed by atoms with Gasteiger partial charge in [-0.15, -0.1) is 0 Å². The Labute approximate surface area is 109 Å². The van der Waals surface area contributed by atoms with Crippen LogP contribution in [0, 0.1) is 5.82 Å². The predicted molar refractivity (Wildman–Crippen MR) is 68.0 cm³/mol. The van der Waals surface area contributed by atoms with Crippen molar-refractivity contribution in [2.24, 2.45) is 5.11 Å². The summed E-state index contributed by atoms with van der Waals surface area (Å²) in [6.45, 7) is 2.09. The van der Waals surface area contributed by atoms with E-state index in [1.165, 1.54) is 24.3 Å². The number of halogens is 1. The smallest absolute Gasteiger partial charge is 0.328 e. The molecule has 7 heteroatoms. The maximum atomic E-state index is 12.9. The largest absolute Gasteiger partial charge is 0.480 e. The molecule has 0 radical (unpaired) electrons. The van der Waals surface area contributed by atoms with Gasteiger partial charge in [0.15, 0.2) is 0 Å². The van der Waals surface area contributed by atoms with Gasteiger partial charge in [-0.25, -0.2) is 9.18 Å². The SMILES string of the molecule is CCC(NCCN=[N+]=[N-])(C(=O)O)c1ccc(F)cc1. The zero-order chi connectivity index (χ0) is 14.3. The molecule has 6 nitrogen and oxygen atoms in total. The van der Waals surface area contributed by atoms with Crippen LogP contribution in [0.25, 0.3) is 10.4 Å². The van der Waals surface area contributed by atoms with E-state index in [-0.39, 0.29) is 19.5 Å². The number of benzene rings is 1. The minimum absolute atomic E-state index is 0.146. The number of aliphatic carboxylic acids is 1. The lowest BCUT2D eigenvalue weighted by atomic mass is 9.87. The second-order valence-electron chi connectivity index (χ2n) is 3.95. The fraction of sp³-hybridized carbons (Fsp3) is 0.417. The highest BCUT2D eigenvalue weighted by molar-refractivity contribution is 5.80. The maximum absolute atomic E-state index is 12.9. The molecule has 0 saturated heterocycles. The Bertz CT molecular complexity index is 485. The van der Waals surface area contributed by atoms with Crippen LogP contribution >= 0.6 is 0 Å². The molecule has 1 aromatic rings. The van der Waals surface area contributed by atoms with Crippen molar-refractivity contribution in [1.29, 1.82) is 0 Å². The molecule has 0 aromatic heterocycles. The van der Waals surface area contributed by atoms with E-state index in [9.17, 15) is 14.3 Å². The van der Waals surface area contributed by atoms with E-state index in [0.717, 1.165) is 0 Å². The monoisotopic (exact) mass is 266 g/mol. The third-order valence-electron chi connectivity index (χ3n) is 2.93. The van der Waals surface area contributed by atoms with E-state index in [1.54, 1.807) is 6.92 Å². The topological polar surface area (TPSA) is 98.1 Å². The summed E-state index contributed by atoms with van der Waals surface area (Å²) in [6.07, 6.45) is 0.282. The van der Waals surface area contributed by atoms with Crippen molar-refractivity contribution in [1.82, 2.24) is 5.32 Å². The Kier molecular flexibility index (Phi) is 5.29. The molecule has 2 N–H and O–H groups in total. The highest BCUT2D eigenvalue weighted by Crippen LogP contribution is 2.25. The van der Waals surface area contributed by atoms with E-state index < -0.39 is 17.3 Å². The molecular formula is C12H15FN4O2. The molecule has 0 amide bonds. The highest BCUT2D eigenvalue weighted by atomic mass is 19.1. The molecule has 0 aliphatic heterocycles. The maximum Gasteiger partial charge on any atom is 0.328 e. The van der Waals surface area contributed by atoms with E-state index in [4.69, 9.17) is 5.53 Å². The molecule has 19 heavy (non-hydrogen) atoms. The molecule has 0 fully saturated rings. The zero-order valence-corrected chi connectivity index (χ0v) is 10.5. The summed E-state index contributed by atoms with van der Waals surface area (Å²) in [5.41, 5.74) is 7.34. The summed E-state index contributed by atoms with van der Waals surface area (Å²) in [4.78, 5) is 14.1. The van der Waals surface area contributed by atoms with Crippen LogP contribution in [0.2, 0.25) is 0 Å². The molecular weight excluding hydrogens is 251 g/mol. The Morgan fingerprint density at radius 2 is 2.16 bits per heavy atom. The van der Waals surface area contributed by atoms with Crippen LogP contribution in [0.4, 0.5) is 4.39 Å². The summed E-state index contributed by atoms with van der Waals surface area (Å²) in [5, 5.41) is 15.7. The molecule has 1 aromatic carbocycles. The third kappa shape index (κ3) is 3.43. The summed E-state index contributed by atoms with van der Waals surface area (Å²) in [7, 11) is 0. The summed E-state index contributed by atoms with van der Waals surface area (Å²) in [6, 6.07) is 5.32. The average molecular weight is 266 g/mol. The standard InChI is InChI=1S/C12H15FN4O2/c1-2-12(11(18)19,15-7-8-16-17-14)9-3-5-10(13)6-4-9/h3-6,15H,2,7-8H2,1H3,(H,18,19). The molecule has 102 valence electrons. The van der Waals surface area contributed by atoms with Crippen molar-refractivity contribution in [3.8, 4) is 0 Å². The van der Waals surface area contributed by atoms with E-state index >= 15 is 0 Å². The van der Waals surface area contributed by atoms with Gasteiger partial charge < -0.3 is 5.11 Å². The summed E-state index contributed by atoms with van der Waals surface area (Å²) in [5.74, 6) is -1.48. The van der Waals surface area contributed by atoms with Gasteiger partial charge in [-0.1, -0.05) is 24.2 Å². The number of nitrogens with zero attached hydrogens (tertiary/aromatic N) is 3. The summed E-state index contributed by atoms with van der Waals surface area (Å²) >= 11 is 0. The van der Waals surface area contributed by atoms with Gasteiger partial charge >= 0.3 is 5.97 Å². The van der Waals surface area contributed by atoms with E-state index in [1.807, 2.05) is 0 Å². The third-order valence-corrected chi connectivity index (χ3v) is 2.93. The number of rotatable bonds is 7. The van der Waals surface area contributed by atoms with E-state index in [0.29, 0.717) is 5.56 Å². The predicted octanol–water partition coefficient (Wildman–Crippen LogP) is 2.42. The van der Waals surface area contributed by atoms with Crippen LogP contribution in [0.3, 0.4) is 0 Å². The quantitative estimate of drug-likeness (QED) is 0.343. The number of carboxylic acids is 1. The molecule has 1 atom stereocenters. The molecule has 0 aliphatic rings. The van der Waals surface area contributed by atoms with Crippen LogP contribution in [-0.2, 0) is 10.3 Å². The summed E-state index contributed by atoms with van der Waals surface area (Å²) < 4.78 is 12.9. The van der Waals surface area contributed by atoms with E-state index in [2.05, 4.69) is 15.3 Å². The molecule has 0 aliphatic carbocycles. The normalized spacial score (nSPS) is 13.4. The first-order valence-corrected chi connectivity index (χ1v) is 5.82. The van der Waals surface area contributed by atoms with Gasteiger partial charge in [0, 0.05) is 18.0 Å². The van der Waals surface area contributed by atoms with Crippen molar-refractivity contribution in [2.75, 3.05) is 13.1 Å². The molecule has 0 spiro atoms. The Balaban J connectivity index is 3.01. The van der Waals surface area contributed by atoms with Crippen LogP contribution in [0.1, 0.15) is 18.9 Å². The van der Waals surface area contributed by atoms with Gasteiger partial charge in [0.1, 0.15) is 11.4 Å². The number of azide groups is 1. The lowest BCUT2D eigenvalue weighted by Crippen LogP contribution is -2.49. The number of carbonyl (C=O) groups is 1. The average Bonchev–Trinajstić information content (AvgIpc) is 2.40. The Hall–Kier alpha value is -2.11. The highest BCUT2D eigenvalue weighted by Gasteiger charge is 2.37. The Morgan fingerprint density at radius 1 is 1.53 bits per heavy atom. The van der Waals surface area contributed by atoms with Crippen molar-refractivity contribution >= 4 is 5.97 Å². The molecule has 1 rings (SSSR count). The second-order valence-corrected chi connectivity index (χ2v) is 3.95. The number of hydrogen-bond acceptors (Lipinski definition) is 3. The van der Waals surface area contributed by atoms with Gasteiger partial charge in [0.2, 0.25) is 0 Å².